The number of hydroxylamine groups is 1. The highest BCUT2D eigenvalue weighted by Crippen LogP contribution is 2.43. The van der Waals surface area contributed by atoms with Gasteiger partial charge in [0.1, 0.15) is 0 Å². The van der Waals surface area contributed by atoms with Gasteiger partial charge in [-0.25, -0.2) is 5.48 Å². The van der Waals surface area contributed by atoms with Crippen molar-refractivity contribution in [3.8, 4) is 5.75 Å². The molecule has 0 heterocycles. The Morgan fingerprint density at radius 2 is 1.90 bits per heavy atom. The largest absolute Gasteiger partial charge is 0.745 e. The molecule has 1 aromatic carbocycles. The van der Waals surface area contributed by atoms with Crippen LogP contribution in [0.25, 0.3) is 0 Å². The van der Waals surface area contributed by atoms with Gasteiger partial charge in [-0.2, -0.15) is 4.62 Å². The normalized spacial score (nSPS) is 13.0. The second kappa shape index (κ2) is 6.26. The van der Waals surface area contributed by atoms with E-state index in [0.29, 0.717) is 6.07 Å². The molecule has 1 amide bonds. The minimum absolute atomic E-state index is 0.522. The minimum Gasteiger partial charge on any atom is -0.745 e. The van der Waals surface area contributed by atoms with Gasteiger partial charge in [0.15, 0.2) is 0 Å². The van der Waals surface area contributed by atoms with Crippen molar-refractivity contribution in [1.82, 2.24) is 5.48 Å². The molecule has 0 radical (unpaired) electrons. The van der Waals surface area contributed by atoms with Crippen LogP contribution in [0.15, 0.2) is 18.2 Å². The quantitative estimate of drug-likeness (QED) is 0.442. The number of nitro benzene ring substituents is 2. The van der Waals surface area contributed by atoms with Crippen LogP contribution in [0.2, 0.25) is 0 Å². The van der Waals surface area contributed by atoms with Gasteiger partial charge in [0.25, 0.3) is 5.69 Å². The van der Waals surface area contributed by atoms with Crippen LogP contribution >= 0.6 is 7.82 Å². The van der Waals surface area contributed by atoms with Crippen molar-refractivity contribution in [1.29, 1.82) is 0 Å². The maximum atomic E-state index is 11.3. The van der Waals surface area contributed by atoms with Gasteiger partial charge >= 0.3 is 13.5 Å². The van der Waals surface area contributed by atoms with Crippen LogP contribution < -0.4 is 14.9 Å². The Kier molecular flexibility index (Phi) is 4.92. The van der Waals surface area contributed by atoms with E-state index in [9.17, 15) is 34.5 Å². The Hall–Kier alpha value is -2.56. The highest BCUT2D eigenvalue weighted by Gasteiger charge is 2.24. The molecular weight excluding hydrogens is 313 g/mol. The summed E-state index contributed by atoms with van der Waals surface area (Å²) >= 11 is 0. The van der Waals surface area contributed by atoms with Crippen molar-refractivity contribution in [2.24, 2.45) is 0 Å². The van der Waals surface area contributed by atoms with Crippen molar-refractivity contribution in [2.45, 2.75) is 6.92 Å². The Labute approximate surface area is 116 Å². The fourth-order valence-electron chi connectivity index (χ4n) is 1.10. The molecule has 114 valence electrons. The number of benzene rings is 1. The number of carbonyl (C=O) groups excluding carboxylic acids is 1. The summed E-state index contributed by atoms with van der Waals surface area (Å²) in [7, 11) is -5.13. The molecule has 0 aliphatic heterocycles. The van der Waals surface area contributed by atoms with Gasteiger partial charge in [-0.15, -0.1) is 0 Å². The number of hydrogen-bond acceptors (Lipinski definition) is 9. The fourth-order valence-corrected chi connectivity index (χ4v) is 1.77. The molecule has 0 fully saturated rings. The van der Waals surface area contributed by atoms with E-state index in [-0.39, 0.29) is 0 Å². The molecule has 13 heteroatoms. The lowest BCUT2D eigenvalue weighted by Crippen LogP contribution is -2.24. The van der Waals surface area contributed by atoms with Gasteiger partial charge in [-0.3, -0.25) is 29.6 Å². The van der Waals surface area contributed by atoms with E-state index in [2.05, 4.69) is 9.15 Å². The van der Waals surface area contributed by atoms with Crippen molar-refractivity contribution in [3.05, 3.63) is 38.4 Å². The Bertz CT molecular complexity index is 646. The molecule has 0 aliphatic carbocycles. The monoisotopic (exact) mass is 320 g/mol. The van der Waals surface area contributed by atoms with Crippen molar-refractivity contribution in [3.63, 3.8) is 0 Å². The maximum Gasteiger partial charge on any atom is 0.341 e. The maximum absolute atomic E-state index is 11.3. The summed E-state index contributed by atoms with van der Waals surface area (Å²) in [5, 5.41) is 21.3. The first-order valence-corrected chi connectivity index (χ1v) is 6.47. The number of hydrogen-bond donors (Lipinski definition) is 1. The summed E-state index contributed by atoms with van der Waals surface area (Å²) in [6.07, 6.45) is 0. The molecule has 1 aromatic rings. The van der Waals surface area contributed by atoms with Crippen LogP contribution in [0.4, 0.5) is 11.4 Å². The first-order chi connectivity index (χ1) is 9.62. The van der Waals surface area contributed by atoms with Gasteiger partial charge in [-0.05, 0) is 6.07 Å². The molecule has 12 nitrogen and oxygen atoms in total. The van der Waals surface area contributed by atoms with Crippen LogP contribution in [-0.4, -0.2) is 15.8 Å². The molecule has 1 atom stereocenters. The lowest BCUT2D eigenvalue weighted by atomic mass is 10.2. The summed E-state index contributed by atoms with van der Waals surface area (Å²) in [4.78, 5) is 41.1. The van der Waals surface area contributed by atoms with E-state index in [1.54, 1.807) is 0 Å². The number of carbonyl (C=O) groups is 1. The topological polar surface area (TPSA) is 174 Å². The highest BCUT2D eigenvalue weighted by atomic mass is 31.2. The van der Waals surface area contributed by atoms with E-state index in [4.69, 9.17) is 0 Å². The molecule has 1 rings (SSSR count). The molecular formula is C8H7N3O9P-. The van der Waals surface area contributed by atoms with Gasteiger partial charge in [0.05, 0.1) is 15.9 Å². The molecule has 1 N–H and O–H groups in total. The Morgan fingerprint density at radius 1 is 1.29 bits per heavy atom. The van der Waals surface area contributed by atoms with E-state index >= 15 is 0 Å². The van der Waals surface area contributed by atoms with Crippen LogP contribution in [0.3, 0.4) is 0 Å². The fraction of sp³-hybridized carbons (Fsp3) is 0.125. The number of rotatable bonds is 6. The summed E-state index contributed by atoms with van der Waals surface area (Å²) < 4.78 is 19.5. The number of phosphoric ester groups is 1. The Balaban J connectivity index is 3.07. The molecule has 1 unspecified atom stereocenters. The lowest BCUT2D eigenvalue weighted by Gasteiger charge is -2.21. The van der Waals surface area contributed by atoms with E-state index in [1.807, 2.05) is 0 Å². The van der Waals surface area contributed by atoms with Gasteiger partial charge < -0.3 is 9.42 Å². The van der Waals surface area contributed by atoms with Crippen LogP contribution in [0.1, 0.15) is 6.92 Å². The molecule has 0 saturated carbocycles. The number of nitrogens with one attached hydrogen (secondary N) is 1. The molecule has 0 spiro atoms. The third-order valence-electron chi connectivity index (χ3n) is 1.86. The van der Waals surface area contributed by atoms with E-state index < -0.39 is 40.7 Å². The summed E-state index contributed by atoms with van der Waals surface area (Å²) in [5.41, 5.74) is -0.113. The van der Waals surface area contributed by atoms with Gasteiger partial charge in [0, 0.05) is 13.0 Å². The zero-order valence-corrected chi connectivity index (χ0v) is 11.1. The molecule has 21 heavy (non-hydrogen) atoms. The number of nitro groups is 2. The zero-order chi connectivity index (χ0) is 16.2. The third-order valence-corrected chi connectivity index (χ3v) is 2.60. The lowest BCUT2D eigenvalue weighted by molar-refractivity contribution is -0.394. The SMILES string of the molecule is CC(=O)NOP(=O)([O-])Oc1ccc([N+](=O)[O-])cc1[N+](=O)[O-]. The van der Waals surface area contributed by atoms with Crippen molar-refractivity contribution >= 4 is 25.1 Å². The van der Waals surface area contributed by atoms with Crippen LogP contribution in [0.5, 0.6) is 5.75 Å². The smallest absolute Gasteiger partial charge is 0.341 e. The molecule has 0 aromatic heterocycles. The van der Waals surface area contributed by atoms with Crippen LogP contribution in [0, 0.1) is 20.2 Å². The summed E-state index contributed by atoms with van der Waals surface area (Å²) in [6.45, 7) is 0.953. The number of non-ortho nitro benzene ring substituents is 1. The second-order valence-electron chi connectivity index (χ2n) is 3.45. The van der Waals surface area contributed by atoms with Crippen molar-refractivity contribution in [2.75, 3.05) is 0 Å². The zero-order valence-electron chi connectivity index (χ0n) is 10.2. The second-order valence-corrected chi connectivity index (χ2v) is 4.71. The molecule has 0 bridgehead atoms. The predicted molar refractivity (Wildman–Crippen MR) is 62.9 cm³/mol. The van der Waals surface area contributed by atoms with Gasteiger partial charge in [-0.1, -0.05) is 0 Å². The molecule has 0 saturated heterocycles. The summed E-state index contributed by atoms with van der Waals surface area (Å²) in [5.74, 6) is -1.65. The number of phosphoric acid groups is 1. The average molecular weight is 320 g/mol. The first-order valence-electron chi connectivity index (χ1n) is 5.01. The highest BCUT2D eigenvalue weighted by molar-refractivity contribution is 7.46. The van der Waals surface area contributed by atoms with Crippen molar-refractivity contribution < 1.29 is 33.2 Å². The first kappa shape index (κ1) is 16.5. The Morgan fingerprint density at radius 3 is 2.38 bits per heavy atom. The predicted octanol–water partition coefficient (Wildman–Crippen LogP) is 0.418. The number of nitrogens with zero attached hydrogens (tertiary/aromatic N) is 2. The van der Waals surface area contributed by atoms with Crippen LogP contribution in [-0.2, 0) is 14.0 Å². The third kappa shape index (κ3) is 4.80. The van der Waals surface area contributed by atoms with Gasteiger partial charge in [0.2, 0.25) is 11.7 Å². The van der Waals surface area contributed by atoms with E-state index in [1.165, 1.54) is 5.48 Å². The summed E-state index contributed by atoms with van der Waals surface area (Å²) in [6, 6.07) is 2.05. The molecule has 0 aliphatic rings. The number of amides is 1. The standard InChI is InChI=1S/C8H8N3O9P/c1-5(12)9-20-21(17,18)19-8-3-2-6(10(13)14)4-7(8)11(15)16/h2-4H,1H3,(H,9,12)(H,17,18)/p-1. The average Bonchev–Trinajstić information content (AvgIpc) is 2.36. The van der Waals surface area contributed by atoms with E-state index in [0.717, 1.165) is 19.1 Å². The minimum atomic E-state index is -5.13.